The molecule has 2 amide bonds. The fraction of sp³-hybridized carbons (Fsp3) is 0.429. The Morgan fingerprint density at radius 3 is 2.53 bits per heavy atom. The molecule has 14 heteroatoms. The normalized spacial score (nSPS) is 13.5. The number of aromatic hydroxyl groups is 1. The van der Waals surface area contributed by atoms with Gasteiger partial charge in [0.1, 0.15) is 17.8 Å². The smallest absolute Gasteiger partial charge is 0.249 e. The second kappa shape index (κ2) is 17.2. The van der Waals surface area contributed by atoms with Crippen molar-refractivity contribution in [1.29, 1.82) is 0 Å². The van der Waals surface area contributed by atoms with Crippen LogP contribution < -0.4 is 22.1 Å². The van der Waals surface area contributed by atoms with Gasteiger partial charge >= 0.3 is 0 Å². The van der Waals surface area contributed by atoms with Crippen molar-refractivity contribution in [1.82, 2.24) is 39.9 Å². The first-order valence-corrected chi connectivity index (χ1v) is 16.4. The van der Waals surface area contributed by atoms with Crippen LogP contribution >= 0.6 is 0 Å². The van der Waals surface area contributed by atoms with Crippen molar-refractivity contribution in [3.05, 3.63) is 95.5 Å². The number of unbranched alkanes of at least 4 members (excludes halogenated alkanes) is 1. The van der Waals surface area contributed by atoms with Gasteiger partial charge in [0.2, 0.25) is 17.7 Å². The number of anilines is 1. The molecule has 4 rings (SSSR count). The zero-order valence-electron chi connectivity index (χ0n) is 28.7. The van der Waals surface area contributed by atoms with Gasteiger partial charge in [-0.05, 0) is 75.3 Å². The first kappa shape index (κ1) is 36.6. The zero-order valence-corrected chi connectivity index (χ0v) is 28.7. The second-order valence-electron chi connectivity index (χ2n) is 12.4. The van der Waals surface area contributed by atoms with E-state index in [1.54, 1.807) is 35.4 Å². The maximum absolute atomic E-state index is 14.1. The fourth-order valence-corrected chi connectivity index (χ4v) is 5.56. The molecule has 3 aromatic heterocycles. The molecule has 0 aliphatic heterocycles. The molecule has 0 aliphatic carbocycles. The van der Waals surface area contributed by atoms with E-state index in [2.05, 4.69) is 43.4 Å². The Bertz CT molecular complexity index is 1730. The maximum atomic E-state index is 14.1. The third-order valence-corrected chi connectivity index (χ3v) is 8.38. The minimum absolute atomic E-state index is 0.124. The molecule has 0 radical (unpaired) electrons. The number of amides is 2. The molecular formula is C35H48N10O4. The number of carbonyl (C=O) groups excluding carboxylic acids is 2. The van der Waals surface area contributed by atoms with Crippen LogP contribution in [0.3, 0.4) is 0 Å². The maximum Gasteiger partial charge on any atom is 0.249 e. The summed E-state index contributed by atoms with van der Waals surface area (Å²) in [5.41, 5.74) is 16.4. The predicted octanol–water partition coefficient (Wildman–Crippen LogP) is 3.29. The van der Waals surface area contributed by atoms with Crippen molar-refractivity contribution < 1.29 is 19.2 Å². The van der Waals surface area contributed by atoms with Gasteiger partial charge in [-0.25, -0.2) is 9.97 Å². The van der Waals surface area contributed by atoms with Crippen LogP contribution in [0.4, 0.5) is 5.95 Å². The molecule has 0 bridgehead atoms. The van der Waals surface area contributed by atoms with Gasteiger partial charge in [0.15, 0.2) is 11.8 Å². The molecule has 1 aromatic carbocycles. The Kier molecular flexibility index (Phi) is 12.9. The van der Waals surface area contributed by atoms with Crippen molar-refractivity contribution in [2.45, 2.75) is 90.4 Å². The number of rotatable bonds is 18. The summed E-state index contributed by atoms with van der Waals surface area (Å²) in [6.07, 6.45) is 14.5. The molecule has 14 nitrogen and oxygen atoms in total. The number of aromatic nitrogens is 6. The Labute approximate surface area is 286 Å². The van der Waals surface area contributed by atoms with Crippen LogP contribution in [-0.2, 0) is 42.4 Å². The molecule has 4 aromatic rings. The minimum Gasteiger partial charge on any atom is -0.508 e. The highest BCUT2D eigenvalue weighted by atomic mass is 16.5. The zero-order chi connectivity index (χ0) is 35.5. The lowest BCUT2D eigenvalue weighted by atomic mass is 9.95. The Hall–Kier alpha value is -5.24. The average Bonchev–Trinajstić information content (AvgIpc) is 3.81. The third kappa shape index (κ3) is 10.6. The van der Waals surface area contributed by atoms with Crippen LogP contribution in [0.2, 0.25) is 0 Å². The Morgan fingerprint density at radius 2 is 1.88 bits per heavy atom. The molecule has 0 saturated carbocycles. The minimum atomic E-state index is -1.00. The number of hydrogen-bond donors (Lipinski definition) is 5. The quantitative estimate of drug-likeness (QED) is 0.0770. The van der Waals surface area contributed by atoms with E-state index in [9.17, 15) is 14.7 Å². The molecule has 0 aliphatic rings. The second-order valence-corrected chi connectivity index (χ2v) is 12.4. The van der Waals surface area contributed by atoms with E-state index in [-0.39, 0.29) is 24.5 Å². The first-order valence-electron chi connectivity index (χ1n) is 16.4. The monoisotopic (exact) mass is 672 g/mol. The Balaban J connectivity index is 1.53. The topological polar surface area (TPSA) is 205 Å². The van der Waals surface area contributed by atoms with Gasteiger partial charge in [-0.15, -0.1) is 0 Å². The largest absolute Gasteiger partial charge is 0.508 e. The summed E-state index contributed by atoms with van der Waals surface area (Å²) in [5, 5.41) is 20.2. The average molecular weight is 673 g/mol. The van der Waals surface area contributed by atoms with E-state index in [4.69, 9.17) is 16.0 Å². The van der Waals surface area contributed by atoms with Crippen LogP contribution in [0, 0.1) is 13.8 Å². The van der Waals surface area contributed by atoms with E-state index < -0.39 is 29.9 Å². The molecule has 0 unspecified atom stereocenters. The molecule has 49 heavy (non-hydrogen) atoms. The number of imidazole rings is 2. The third-order valence-electron chi connectivity index (χ3n) is 8.38. The summed E-state index contributed by atoms with van der Waals surface area (Å²) >= 11 is 0. The molecule has 3 heterocycles. The summed E-state index contributed by atoms with van der Waals surface area (Å²) in [6.45, 7) is 10.0. The molecule has 262 valence electrons. The fourth-order valence-electron chi connectivity index (χ4n) is 5.56. The van der Waals surface area contributed by atoms with Gasteiger partial charge in [-0.3, -0.25) is 9.59 Å². The standard InChI is InChI=1S/C35H48N10O4/c1-6-22(2)10-7-8-12-31-42-34(49-43-31)30(18-25-20-44(5)21-39-25)41-33(48)29(19-27-23(3)16-26(46)17-24(27)4)40-32(47)28(36)11-9-14-45-15-13-38-35(45)37/h6,10,13,15-17,20-21,28-30,46H,1,7-9,11-12,14,18-19,36H2,2-5H3,(H2,37,38)(H,40,47)(H,41,48)/b22-10-/t28-,29+,30+/m1/s1. The van der Waals surface area contributed by atoms with Crippen molar-refractivity contribution >= 4 is 17.8 Å². The Morgan fingerprint density at radius 1 is 1.12 bits per heavy atom. The van der Waals surface area contributed by atoms with Crippen molar-refractivity contribution in [3.63, 3.8) is 0 Å². The summed E-state index contributed by atoms with van der Waals surface area (Å²) in [5.74, 6) is 0.366. The SMILES string of the molecule is C=C/C(C)=C\CCCc1noc([C@H](Cc2cn(C)cn2)NC(=O)[C@H](Cc2c(C)cc(O)cc2C)NC(=O)[C@H](N)CCCn2ccnc2N)n1. The van der Waals surface area contributed by atoms with Crippen LogP contribution in [0.5, 0.6) is 5.75 Å². The molecule has 0 fully saturated rings. The van der Waals surface area contributed by atoms with Gasteiger partial charge in [-0.2, -0.15) is 4.98 Å². The lowest BCUT2D eigenvalue weighted by Crippen LogP contribution is -2.53. The van der Waals surface area contributed by atoms with Crippen LogP contribution in [0.1, 0.15) is 72.7 Å². The number of nitrogen functional groups attached to an aromatic ring is 1. The number of carbonyl (C=O) groups is 2. The van der Waals surface area contributed by atoms with Crippen molar-refractivity contribution in [3.8, 4) is 5.75 Å². The first-order chi connectivity index (χ1) is 23.4. The van der Waals surface area contributed by atoms with E-state index in [1.807, 2.05) is 44.7 Å². The molecule has 3 atom stereocenters. The van der Waals surface area contributed by atoms with Crippen LogP contribution in [0.25, 0.3) is 0 Å². The highest BCUT2D eigenvalue weighted by Crippen LogP contribution is 2.23. The van der Waals surface area contributed by atoms with Crippen molar-refractivity contribution in [2.75, 3.05) is 5.73 Å². The molecule has 7 N–H and O–H groups in total. The number of nitrogens with two attached hydrogens (primary N) is 2. The number of aryl methyl sites for hydroxylation is 5. The number of phenolic OH excluding ortho intramolecular Hbond substituents is 1. The number of allylic oxidation sites excluding steroid dienone is 3. The van der Waals surface area contributed by atoms with Crippen LogP contribution in [0.15, 0.2) is 65.9 Å². The highest BCUT2D eigenvalue weighted by Gasteiger charge is 2.30. The number of benzene rings is 1. The number of nitrogens with zero attached hydrogens (tertiary/aromatic N) is 6. The van der Waals surface area contributed by atoms with E-state index in [1.165, 1.54) is 0 Å². The summed E-state index contributed by atoms with van der Waals surface area (Å²) < 4.78 is 9.26. The van der Waals surface area contributed by atoms with Gasteiger partial charge in [0, 0.05) is 51.4 Å². The predicted molar refractivity (Wildman–Crippen MR) is 186 cm³/mol. The summed E-state index contributed by atoms with van der Waals surface area (Å²) in [6, 6.07) is 0.672. The summed E-state index contributed by atoms with van der Waals surface area (Å²) in [4.78, 5) is 40.6. The van der Waals surface area contributed by atoms with Gasteiger partial charge in [0.25, 0.3) is 0 Å². The lowest BCUT2D eigenvalue weighted by Gasteiger charge is -2.24. The number of hydrogen-bond acceptors (Lipinski definition) is 10. The molecular weight excluding hydrogens is 624 g/mol. The number of nitrogens with one attached hydrogen (secondary N) is 2. The lowest BCUT2D eigenvalue weighted by molar-refractivity contribution is -0.130. The van der Waals surface area contributed by atoms with Gasteiger partial charge < -0.3 is 40.9 Å². The number of phenols is 1. The summed E-state index contributed by atoms with van der Waals surface area (Å²) in [7, 11) is 1.86. The van der Waals surface area contributed by atoms with E-state index in [0.717, 1.165) is 35.1 Å². The molecule has 0 spiro atoms. The molecule has 0 saturated heterocycles. The van der Waals surface area contributed by atoms with Crippen molar-refractivity contribution in [2.24, 2.45) is 12.8 Å². The highest BCUT2D eigenvalue weighted by molar-refractivity contribution is 5.90. The van der Waals surface area contributed by atoms with Gasteiger partial charge in [-0.1, -0.05) is 29.5 Å². The van der Waals surface area contributed by atoms with Gasteiger partial charge in [0.05, 0.1) is 18.1 Å². The van der Waals surface area contributed by atoms with Crippen LogP contribution in [-0.4, -0.2) is 58.2 Å². The van der Waals surface area contributed by atoms with E-state index in [0.29, 0.717) is 43.3 Å². The van der Waals surface area contributed by atoms with E-state index >= 15 is 0 Å².